The summed E-state index contributed by atoms with van der Waals surface area (Å²) in [7, 11) is 0. The van der Waals surface area contributed by atoms with Crippen LogP contribution in [0.2, 0.25) is 5.15 Å². The number of hydrogen-bond acceptors (Lipinski definition) is 4. The van der Waals surface area contributed by atoms with Gasteiger partial charge in [0.1, 0.15) is 11.0 Å². The molecule has 0 atom stereocenters. The van der Waals surface area contributed by atoms with Crippen molar-refractivity contribution in [3.05, 3.63) is 53.4 Å². The van der Waals surface area contributed by atoms with Crippen LogP contribution in [-0.2, 0) is 6.54 Å². The summed E-state index contributed by atoms with van der Waals surface area (Å²) in [4.78, 5) is 13.3. The van der Waals surface area contributed by atoms with Crippen molar-refractivity contribution in [3.8, 4) is 0 Å². The van der Waals surface area contributed by atoms with Gasteiger partial charge in [-0.15, -0.1) is 0 Å². The van der Waals surface area contributed by atoms with E-state index in [1.54, 1.807) is 6.20 Å². The minimum atomic E-state index is 0.611. The molecule has 1 aliphatic rings. The van der Waals surface area contributed by atoms with E-state index < -0.39 is 0 Å². The maximum atomic E-state index is 6.11. The quantitative estimate of drug-likeness (QED) is 0.812. The van der Waals surface area contributed by atoms with Crippen LogP contribution >= 0.6 is 11.6 Å². The Kier molecular flexibility index (Phi) is 4.14. The lowest BCUT2D eigenvalue weighted by atomic mass is 10.2. The van der Waals surface area contributed by atoms with Gasteiger partial charge < -0.3 is 4.90 Å². The molecule has 0 bridgehead atoms. The predicted octanol–water partition coefficient (Wildman–Crippen LogP) is 2.45. The summed E-state index contributed by atoms with van der Waals surface area (Å²) < 4.78 is 0. The van der Waals surface area contributed by atoms with Crippen molar-refractivity contribution in [1.29, 1.82) is 0 Å². The first kappa shape index (κ1) is 13.3. The molecule has 0 N–H and O–H groups in total. The number of pyridine rings is 2. The van der Waals surface area contributed by atoms with Crippen LogP contribution in [0.3, 0.4) is 0 Å². The van der Waals surface area contributed by atoms with Gasteiger partial charge in [-0.2, -0.15) is 0 Å². The van der Waals surface area contributed by atoms with Crippen LogP contribution in [0.4, 0.5) is 5.82 Å². The first-order valence-corrected chi connectivity index (χ1v) is 7.18. The van der Waals surface area contributed by atoms with Gasteiger partial charge in [-0.25, -0.2) is 9.97 Å². The van der Waals surface area contributed by atoms with E-state index in [9.17, 15) is 0 Å². The molecule has 4 nitrogen and oxygen atoms in total. The number of anilines is 1. The maximum absolute atomic E-state index is 6.11. The summed E-state index contributed by atoms with van der Waals surface area (Å²) in [6.07, 6.45) is 3.57. The van der Waals surface area contributed by atoms with Crippen molar-refractivity contribution in [3.63, 3.8) is 0 Å². The standard InChI is InChI=1S/C15H17ClN4/c16-15-13(4-3-7-18-15)12-19-8-10-20(11-9-19)14-5-1-2-6-17-14/h1-7H,8-12H2. The third-order valence-corrected chi connectivity index (χ3v) is 3.92. The predicted molar refractivity (Wildman–Crippen MR) is 81.0 cm³/mol. The van der Waals surface area contributed by atoms with Gasteiger partial charge in [0.25, 0.3) is 0 Å². The van der Waals surface area contributed by atoms with Crippen LogP contribution in [-0.4, -0.2) is 41.0 Å². The normalized spacial score (nSPS) is 16.4. The highest BCUT2D eigenvalue weighted by atomic mass is 35.5. The molecule has 3 heterocycles. The van der Waals surface area contributed by atoms with Crippen molar-refractivity contribution in [2.75, 3.05) is 31.1 Å². The third kappa shape index (κ3) is 3.08. The molecule has 1 saturated heterocycles. The minimum Gasteiger partial charge on any atom is -0.354 e. The van der Waals surface area contributed by atoms with E-state index in [1.165, 1.54) is 0 Å². The second-order valence-corrected chi connectivity index (χ2v) is 5.26. The fourth-order valence-corrected chi connectivity index (χ4v) is 2.63. The summed E-state index contributed by atoms with van der Waals surface area (Å²) in [6, 6.07) is 10.0. The molecule has 0 spiro atoms. The number of rotatable bonds is 3. The van der Waals surface area contributed by atoms with E-state index in [4.69, 9.17) is 11.6 Å². The average Bonchev–Trinajstić information content (AvgIpc) is 2.51. The lowest BCUT2D eigenvalue weighted by molar-refractivity contribution is 0.249. The van der Waals surface area contributed by atoms with Gasteiger partial charge in [-0.1, -0.05) is 23.7 Å². The molecule has 0 unspecified atom stereocenters. The van der Waals surface area contributed by atoms with Gasteiger partial charge in [-0.05, 0) is 18.2 Å². The van der Waals surface area contributed by atoms with Gasteiger partial charge in [0.05, 0.1) is 0 Å². The molecule has 0 amide bonds. The summed E-state index contributed by atoms with van der Waals surface area (Å²) in [5.74, 6) is 1.06. The Morgan fingerprint density at radius 2 is 1.75 bits per heavy atom. The second-order valence-electron chi connectivity index (χ2n) is 4.90. The van der Waals surface area contributed by atoms with Crippen molar-refractivity contribution in [2.24, 2.45) is 0 Å². The fourth-order valence-electron chi connectivity index (χ4n) is 2.45. The van der Waals surface area contributed by atoms with Gasteiger partial charge in [0, 0.05) is 50.7 Å². The molecule has 0 aromatic carbocycles. The van der Waals surface area contributed by atoms with E-state index in [1.807, 2.05) is 30.5 Å². The molecule has 2 aromatic rings. The number of hydrogen-bond donors (Lipinski definition) is 0. The zero-order chi connectivity index (χ0) is 13.8. The highest BCUT2D eigenvalue weighted by Gasteiger charge is 2.18. The van der Waals surface area contributed by atoms with Gasteiger partial charge in [0.15, 0.2) is 0 Å². The summed E-state index contributed by atoms with van der Waals surface area (Å²) in [5.41, 5.74) is 1.10. The number of nitrogens with zero attached hydrogens (tertiary/aromatic N) is 4. The zero-order valence-corrected chi connectivity index (χ0v) is 12.0. The Bertz CT molecular complexity index is 553. The number of halogens is 1. The lowest BCUT2D eigenvalue weighted by Gasteiger charge is -2.35. The Labute approximate surface area is 124 Å². The molecule has 20 heavy (non-hydrogen) atoms. The first-order chi connectivity index (χ1) is 9.83. The van der Waals surface area contributed by atoms with Crippen LogP contribution in [0.1, 0.15) is 5.56 Å². The summed E-state index contributed by atoms with van der Waals surface area (Å²) in [5, 5.41) is 0.611. The molecule has 104 valence electrons. The average molecular weight is 289 g/mol. The molecule has 2 aromatic heterocycles. The first-order valence-electron chi connectivity index (χ1n) is 6.80. The Morgan fingerprint density at radius 1 is 0.950 bits per heavy atom. The van der Waals surface area contributed by atoms with Crippen LogP contribution in [0.25, 0.3) is 0 Å². The Balaban J connectivity index is 1.58. The van der Waals surface area contributed by atoms with Crippen LogP contribution < -0.4 is 4.90 Å². The molecule has 3 rings (SSSR count). The van der Waals surface area contributed by atoms with Crippen LogP contribution in [0.15, 0.2) is 42.7 Å². The molecule has 1 fully saturated rings. The second kappa shape index (κ2) is 6.20. The molecule has 0 saturated carbocycles. The number of aromatic nitrogens is 2. The van der Waals surface area contributed by atoms with Gasteiger partial charge in [0.2, 0.25) is 0 Å². The maximum Gasteiger partial charge on any atom is 0.133 e. The highest BCUT2D eigenvalue weighted by molar-refractivity contribution is 6.30. The molecule has 1 aliphatic heterocycles. The van der Waals surface area contributed by atoms with Gasteiger partial charge in [-0.3, -0.25) is 4.90 Å². The van der Waals surface area contributed by atoms with Crippen LogP contribution in [0.5, 0.6) is 0 Å². The van der Waals surface area contributed by atoms with Crippen LogP contribution in [0, 0.1) is 0 Å². The lowest BCUT2D eigenvalue weighted by Crippen LogP contribution is -2.46. The van der Waals surface area contributed by atoms with Crippen molar-refractivity contribution in [1.82, 2.24) is 14.9 Å². The van der Waals surface area contributed by atoms with E-state index in [0.29, 0.717) is 5.15 Å². The van der Waals surface area contributed by atoms with E-state index in [0.717, 1.165) is 44.1 Å². The largest absolute Gasteiger partial charge is 0.354 e. The molecule has 0 aliphatic carbocycles. The SMILES string of the molecule is Clc1ncccc1CN1CCN(c2ccccn2)CC1. The highest BCUT2D eigenvalue weighted by Crippen LogP contribution is 2.17. The van der Waals surface area contributed by atoms with E-state index in [-0.39, 0.29) is 0 Å². The topological polar surface area (TPSA) is 32.3 Å². The molecular weight excluding hydrogens is 272 g/mol. The molecular formula is C15H17ClN4. The van der Waals surface area contributed by atoms with E-state index >= 15 is 0 Å². The summed E-state index contributed by atoms with van der Waals surface area (Å²) >= 11 is 6.11. The van der Waals surface area contributed by atoms with Gasteiger partial charge >= 0.3 is 0 Å². The Morgan fingerprint density at radius 3 is 2.45 bits per heavy atom. The Hall–Kier alpha value is -1.65. The minimum absolute atomic E-state index is 0.611. The van der Waals surface area contributed by atoms with Crippen molar-refractivity contribution >= 4 is 17.4 Å². The smallest absolute Gasteiger partial charge is 0.133 e. The van der Waals surface area contributed by atoms with E-state index in [2.05, 4.69) is 25.8 Å². The third-order valence-electron chi connectivity index (χ3n) is 3.58. The van der Waals surface area contributed by atoms with Crippen molar-refractivity contribution < 1.29 is 0 Å². The molecule has 5 heteroatoms. The summed E-state index contributed by atoms with van der Waals surface area (Å²) in [6.45, 7) is 4.89. The fraction of sp³-hybridized carbons (Fsp3) is 0.333. The number of piperazine rings is 1. The monoisotopic (exact) mass is 288 g/mol. The van der Waals surface area contributed by atoms with Crippen molar-refractivity contribution in [2.45, 2.75) is 6.54 Å². The molecule has 0 radical (unpaired) electrons. The zero-order valence-electron chi connectivity index (χ0n) is 11.2.